The van der Waals surface area contributed by atoms with Crippen LogP contribution in [0.15, 0.2) is 12.1 Å². The molecule has 1 fully saturated rings. The van der Waals surface area contributed by atoms with Gasteiger partial charge in [0.15, 0.2) is 11.6 Å². The Hall–Kier alpha value is -0.870. The molecule has 2 heterocycles. The molecule has 1 unspecified atom stereocenters. The molecule has 1 aliphatic rings. The van der Waals surface area contributed by atoms with E-state index in [1.165, 1.54) is 12.1 Å². The number of aromatic nitrogens is 1. The smallest absolute Gasteiger partial charge is 0.166 e. The summed E-state index contributed by atoms with van der Waals surface area (Å²) in [7, 11) is 0. The summed E-state index contributed by atoms with van der Waals surface area (Å²) >= 11 is 5.78. The maximum absolute atomic E-state index is 13.7. The molecular formula is C12H16ClFN2O. The minimum absolute atomic E-state index is 0.0962. The van der Waals surface area contributed by atoms with Crippen LogP contribution >= 0.6 is 11.6 Å². The van der Waals surface area contributed by atoms with Gasteiger partial charge in [0.25, 0.3) is 0 Å². The highest BCUT2D eigenvalue weighted by Crippen LogP contribution is 2.28. The zero-order valence-electron chi connectivity index (χ0n) is 9.90. The van der Waals surface area contributed by atoms with Crippen molar-refractivity contribution in [3.8, 4) is 0 Å². The van der Waals surface area contributed by atoms with Gasteiger partial charge in [-0.3, -0.25) is 0 Å². The van der Waals surface area contributed by atoms with E-state index in [4.69, 9.17) is 11.6 Å². The van der Waals surface area contributed by atoms with E-state index < -0.39 is 0 Å². The number of hydrogen-bond donors (Lipinski definition) is 1. The van der Waals surface area contributed by atoms with E-state index in [0.29, 0.717) is 13.1 Å². The Morgan fingerprint density at radius 3 is 2.53 bits per heavy atom. The summed E-state index contributed by atoms with van der Waals surface area (Å²) in [6.45, 7) is 5.09. The number of piperidine rings is 1. The molecule has 2 rings (SSSR count). The van der Waals surface area contributed by atoms with Crippen LogP contribution < -0.4 is 4.90 Å². The van der Waals surface area contributed by atoms with Gasteiger partial charge in [-0.1, -0.05) is 25.4 Å². The molecule has 3 nitrogen and oxygen atoms in total. The standard InChI is InChI=1S/C12H16ClFN2O/c1-7-5-16(6-8(2)11(7)17)12-9(14)3-4-10(13)15-12/h3-4,7-8,11,17H,5-6H2,1-2H3/t7-,8+,11?. The van der Waals surface area contributed by atoms with Crippen molar-refractivity contribution in [2.24, 2.45) is 11.8 Å². The average molecular weight is 259 g/mol. The third-order valence-corrected chi connectivity index (χ3v) is 3.49. The predicted molar refractivity (Wildman–Crippen MR) is 65.8 cm³/mol. The van der Waals surface area contributed by atoms with Crippen LogP contribution in [0.1, 0.15) is 13.8 Å². The van der Waals surface area contributed by atoms with E-state index in [9.17, 15) is 9.50 Å². The van der Waals surface area contributed by atoms with Gasteiger partial charge < -0.3 is 10.0 Å². The zero-order valence-corrected chi connectivity index (χ0v) is 10.7. The number of aliphatic hydroxyl groups excluding tert-OH is 1. The normalized spacial score (nSPS) is 29.5. The fourth-order valence-electron chi connectivity index (χ4n) is 2.35. The van der Waals surface area contributed by atoms with Crippen LogP contribution in [-0.4, -0.2) is 29.3 Å². The minimum atomic E-state index is -0.370. The Morgan fingerprint density at radius 2 is 1.94 bits per heavy atom. The topological polar surface area (TPSA) is 36.4 Å². The Kier molecular flexibility index (Phi) is 3.54. The second-order valence-corrected chi connectivity index (χ2v) is 5.18. The SMILES string of the molecule is C[C@@H]1CN(c2nc(Cl)ccc2F)C[C@H](C)C1O. The first kappa shape index (κ1) is 12.6. The van der Waals surface area contributed by atoms with E-state index in [2.05, 4.69) is 4.98 Å². The first-order valence-electron chi connectivity index (χ1n) is 5.74. The van der Waals surface area contributed by atoms with Gasteiger partial charge in [0.2, 0.25) is 0 Å². The van der Waals surface area contributed by atoms with E-state index >= 15 is 0 Å². The largest absolute Gasteiger partial charge is 0.392 e. The van der Waals surface area contributed by atoms with Crippen LogP contribution in [-0.2, 0) is 0 Å². The van der Waals surface area contributed by atoms with Crippen molar-refractivity contribution in [2.75, 3.05) is 18.0 Å². The van der Waals surface area contributed by atoms with E-state index in [1.807, 2.05) is 18.7 Å². The molecule has 1 aromatic rings. The summed E-state index contributed by atoms with van der Waals surface area (Å²) in [4.78, 5) is 5.88. The average Bonchev–Trinajstić information content (AvgIpc) is 2.28. The lowest BCUT2D eigenvalue weighted by atomic mass is 9.88. The van der Waals surface area contributed by atoms with Crippen molar-refractivity contribution < 1.29 is 9.50 Å². The van der Waals surface area contributed by atoms with Gasteiger partial charge in [0, 0.05) is 13.1 Å². The number of anilines is 1. The van der Waals surface area contributed by atoms with Crippen LogP contribution in [0.2, 0.25) is 5.15 Å². The Morgan fingerprint density at radius 1 is 1.35 bits per heavy atom. The third-order valence-electron chi connectivity index (χ3n) is 3.28. The molecule has 3 atom stereocenters. The fourth-order valence-corrected chi connectivity index (χ4v) is 2.49. The molecule has 0 radical (unpaired) electrons. The summed E-state index contributed by atoms with van der Waals surface area (Å²) in [6.07, 6.45) is -0.339. The first-order valence-corrected chi connectivity index (χ1v) is 6.12. The molecule has 1 aliphatic heterocycles. The Bertz CT molecular complexity index is 403. The molecule has 1 saturated heterocycles. The van der Waals surface area contributed by atoms with Crippen molar-refractivity contribution in [1.29, 1.82) is 0 Å². The number of aliphatic hydroxyl groups is 1. The van der Waals surface area contributed by atoms with E-state index in [0.717, 1.165) is 0 Å². The van der Waals surface area contributed by atoms with E-state index in [-0.39, 0.29) is 34.7 Å². The summed E-state index contributed by atoms with van der Waals surface area (Å²) in [6, 6.07) is 2.76. The van der Waals surface area contributed by atoms with Crippen LogP contribution in [0, 0.1) is 17.7 Å². The highest BCUT2D eigenvalue weighted by molar-refractivity contribution is 6.29. The summed E-state index contributed by atoms with van der Waals surface area (Å²) < 4.78 is 13.7. The molecule has 0 amide bonds. The van der Waals surface area contributed by atoms with Gasteiger partial charge in [-0.05, 0) is 24.0 Å². The second-order valence-electron chi connectivity index (χ2n) is 4.79. The molecule has 17 heavy (non-hydrogen) atoms. The van der Waals surface area contributed by atoms with Gasteiger partial charge >= 0.3 is 0 Å². The molecule has 0 bridgehead atoms. The highest BCUT2D eigenvalue weighted by atomic mass is 35.5. The Labute approximate surface area is 105 Å². The lowest BCUT2D eigenvalue weighted by Gasteiger charge is -2.39. The minimum Gasteiger partial charge on any atom is -0.392 e. The Balaban J connectivity index is 2.25. The number of nitrogens with zero attached hydrogens (tertiary/aromatic N) is 2. The monoisotopic (exact) mass is 258 g/mol. The predicted octanol–water partition coefficient (Wildman–Crippen LogP) is 2.33. The summed E-state index contributed by atoms with van der Waals surface area (Å²) in [5.41, 5.74) is 0. The zero-order chi connectivity index (χ0) is 12.6. The molecule has 5 heteroatoms. The highest BCUT2D eigenvalue weighted by Gasteiger charge is 2.31. The molecular weight excluding hydrogens is 243 g/mol. The van der Waals surface area contributed by atoms with Crippen LogP contribution in [0.25, 0.3) is 0 Å². The van der Waals surface area contributed by atoms with Crippen molar-refractivity contribution in [2.45, 2.75) is 20.0 Å². The van der Waals surface area contributed by atoms with Crippen LogP contribution in [0.4, 0.5) is 10.2 Å². The lowest BCUT2D eigenvalue weighted by molar-refractivity contribution is 0.0525. The van der Waals surface area contributed by atoms with Crippen molar-refractivity contribution in [3.63, 3.8) is 0 Å². The summed E-state index contributed by atoms with van der Waals surface area (Å²) in [5.74, 6) is 0.103. The van der Waals surface area contributed by atoms with Gasteiger partial charge in [-0.2, -0.15) is 0 Å². The van der Waals surface area contributed by atoms with Gasteiger partial charge in [0.1, 0.15) is 5.15 Å². The first-order chi connectivity index (χ1) is 7.99. The third kappa shape index (κ3) is 2.53. The van der Waals surface area contributed by atoms with Crippen LogP contribution in [0.5, 0.6) is 0 Å². The lowest BCUT2D eigenvalue weighted by Crippen LogP contribution is -2.48. The number of pyridine rings is 1. The molecule has 0 spiro atoms. The quantitative estimate of drug-likeness (QED) is 0.786. The molecule has 0 aromatic carbocycles. The van der Waals surface area contributed by atoms with Crippen molar-refractivity contribution in [3.05, 3.63) is 23.1 Å². The summed E-state index contributed by atoms with van der Waals surface area (Å²) in [5, 5.41) is 10.2. The maximum atomic E-state index is 13.7. The molecule has 0 aliphatic carbocycles. The number of rotatable bonds is 1. The van der Waals surface area contributed by atoms with Crippen LogP contribution in [0.3, 0.4) is 0 Å². The number of hydrogen-bond acceptors (Lipinski definition) is 3. The fraction of sp³-hybridized carbons (Fsp3) is 0.583. The maximum Gasteiger partial charge on any atom is 0.166 e. The molecule has 1 aromatic heterocycles. The molecule has 94 valence electrons. The molecule has 0 saturated carbocycles. The van der Waals surface area contributed by atoms with Gasteiger partial charge in [-0.25, -0.2) is 9.37 Å². The van der Waals surface area contributed by atoms with Gasteiger partial charge in [-0.15, -0.1) is 0 Å². The van der Waals surface area contributed by atoms with Gasteiger partial charge in [0.05, 0.1) is 6.10 Å². The second kappa shape index (κ2) is 4.78. The van der Waals surface area contributed by atoms with Crippen molar-refractivity contribution >= 4 is 17.4 Å². The molecule has 1 N–H and O–H groups in total. The van der Waals surface area contributed by atoms with E-state index in [1.54, 1.807) is 0 Å². The van der Waals surface area contributed by atoms with Crippen molar-refractivity contribution in [1.82, 2.24) is 4.98 Å². The number of halogens is 2.